The lowest BCUT2D eigenvalue weighted by molar-refractivity contribution is 0.0898. The molecule has 3 rings (SSSR count). The Hall–Kier alpha value is -2.09. The van der Waals surface area contributed by atoms with Crippen molar-refractivity contribution >= 4 is 19.1 Å². The number of dihydropyridines is 1. The number of nitrogens with two attached hydrogens (primary N) is 2. The van der Waals surface area contributed by atoms with Gasteiger partial charge in [-0.1, -0.05) is 19.6 Å². The largest absolute Gasteiger partial charge is 0.399 e. The van der Waals surface area contributed by atoms with E-state index in [0.717, 1.165) is 34.8 Å². The van der Waals surface area contributed by atoms with Gasteiger partial charge >= 0.3 is 0 Å². The van der Waals surface area contributed by atoms with Crippen molar-refractivity contribution in [3.63, 3.8) is 0 Å². The number of allylic oxidation sites excluding steroid dienone is 2. The van der Waals surface area contributed by atoms with E-state index in [1.54, 1.807) is 12.4 Å². The summed E-state index contributed by atoms with van der Waals surface area (Å²) in [5.41, 5.74) is 15.1. The van der Waals surface area contributed by atoms with Gasteiger partial charge in [-0.05, 0) is 42.9 Å². The van der Waals surface area contributed by atoms with Gasteiger partial charge in [0.25, 0.3) is 0 Å². The Kier molecular flexibility index (Phi) is 4.96. The molecular formula is C19H29N5OSi. The number of aromatic nitrogens is 2. The molecule has 0 amide bonds. The van der Waals surface area contributed by atoms with Crippen molar-refractivity contribution in [1.82, 2.24) is 14.9 Å². The van der Waals surface area contributed by atoms with E-state index in [-0.39, 0.29) is 0 Å². The van der Waals surface area contributed by atoms with E-state index in [4.69, 9.17) is 16.2 Å². The summed E-state index contributed by atoms with van der Waals surface area (Å²) in [4.78, 5) is 4.65. The summed E-state index contributed by atoms with van der Waals surface area (Å²) in [6, 6.07) is 3.21. The summed E-state index contributed by atoms with van der Waals surface area (Å²) in [5.74, 6) is 0. The zero-order valence-electron chi connectivity index (χ0n) is 16.0. The highest BCUT2D eigenvalue weighted by Gasteiger charge is 2.31. The van der Waals surface area contributed by atoms with Crippen molar-refractivity contribution in [1.29, 1.82) is 0 Å². The van der Waals surface area contributed by atoms with Crippen LogP contribution in [0.3, 0.4) is 0 Å². The maximum Gasteiger partial charge on any atom is 0.154 e. The first-order valence-electron chi connectivity index (χ1n) is 8.94. The predicted molar refractivity (Wildman–Crippen MR) is 109 cm³/mol. The number of hydrogen-bond acceptors (Lipinski definition) is 5. The average molecular weight is 372 g/mol. The molecule has 7 heteroatoms. The van der Waals surface area contributed by atoms with Gasteiger partial charge in [-0.25, -0.2) is 4.98 Å². The molecule has 1 atom stereocenters. The summed E-state index contributed by atoms with van der Waals surface area (Å²) in [6.07, 6.45) is 9.31. The quantitative estimate of drug-likeness (QED) is 0.536. The first-order chi connectivity index (χ1) is 12.2. The van der Waals surface area contributed by atoms with Crippen molar-refractivity contribution in [2.24, 2.45) is 11.5 Å². The van der Waals surface area contributed by atoms with E-state index in [1.165, 1.54) is 0 Å². The summed E-state index contributed by atoms with van der Waals surface area (Å²) in [7, 11) is -1.08. The standard InChI is InChI=1S/C19H29N5OSi/c1-14-12-24(13-25-8-9-26(2,3)4)18-16(14)10-15(11-22-18)19(21)17(20)6-5-7-23-19/h5-7,10-12,23H,8-9,13,20-21H2,1-4H3. The Balaban J connectivity index is 1.82. The number of ether oxygens (including phenoxy) is 1. The first-order valence-corrected chi connectivity index (χ1v) is 12.6. The predicted octanol–water partition coefficient (Wildman–Crippen LogP) is 2.73. The van der Waals surface area contributed by atoms with Crippen LogP contribution in [0.1, 0.15) is 11.1 Å². The Labute approximate surface area is 155 Å². The highest BCUT2D eigenvalue weighted by Crippen LogP contribution is 2.27. The summed E-state index contributed by atoms with van der Waals surface area (Å²) >= 11 is 0. The molecule has 140 valence electrons. The minimum absolute atomic E-state index is 0.512. The Morgan fingerprint density at radius 2 is 2.12 bits per heavy atom. The van der Waals surface area contributed by atoms with Crippen molar-refractivity contribution in [3.05, 3.63) is 53.6 Å². The monoisotopic (exact) mass is 371 g/mol. The maximum absolute atomic E-state index is 6.49. The van der Waals surface area contributed by atoms with Gasteiger partial charge in [0.1, 0.15) is 12.4 Å². The Morgan fingerprint density at radius 3 is 2.81 bits per heavy atom. The van der Waals surface area contributed by atoms with Crippen molar-refractivity contribution < 1.29 is 4.74 Å². The van der Waals surface area contributed by atoms with E-state index in [9.17, 15) is 0 Å². The van der Waals surface area contributed by atoms with Gasteiger partial charge in [-0.15, -0.1) is 0 Å². The van der Waals surface area contributed by atoms with Crippen molar-refractivity contribution in [2.45, 2.75) is 45.0 Å². The van der Waals surface area contributed by atoms with E-state index < -0.39 is 13.7 Å². The molecule has 0 aliphatic carbocycles. The second-order valence-electron chi connectivity index (χ2n) is 8.16. The number of aryl methyl sites for hydroxylation is 1. The van der Waals surface area contributed by atoms with Crippen LogP contribution in [0, 0.1) is 6.92 Å². The molecule has 1 aliphatic rings. The molecule has 0 aromatic carbocycles. The van der Waals surface area contributed by atoms with Crippen LogP contribution in [0.2, 0.25) is 25.7 Å². The van der Waals surface area contributed by atoms with E-state index in [2.05, 4.69) is 53.7 Å². The number of hydrogen-bond donors (Lipinski definition) is 3. The van der Waals surface area contributed by atoms with Gasteiger partial charge in [-0.3, -0.25) is 5.73 Å². The summed E-state index contributed by atoms with van der Waals surface area (Å²) in [6.45, 7) is 10.4. The topological polar surface area (TPSA) is 91.1 Å². The van der Waals surface area contributed by atoms with E-state index >= 15 is 0 Å². The Morgan fingerprint density at radius 1 is 1.35 bits per heavy atom. The second kappa shape index (κ2) is 6.90. The molecule has 26 heavy (non-hydrogen) atoms. The molecule has 2 aromatic rings. The van der Waals surface area contributed by atoms with Gasteiger partial charge in [0.15, 0.2) is 5.66 Å². The smallest absolute Gasteiger partial charge is 0.154 e. The molecule has 0 radical (unpaired) electrons. The third kappa shape index (κ3) is 3.69. The van der Waals surface area contributed by atoms with Crippen molar-refractivity contribution in [2.75, 3.05) is 6.61 Å². The van der Waals surface area contributed by atoms with Gasteiger partial charge in [0.05, 0.1) is 5.70 Å². The normalized spacial score (nSPS) is 20.3. The van der Waals surface area contributed by atoms with Crippen LogP contribution in [0.5, 0.6) is 0 Å². The average Bonchev–Trinajstić information content (AvgIpc) is 2.89. The van der Waals surface area contributed by atoms with E-state index in [0.29, 0.717) is 12.4 Å². The van der Waals surface area contributed by atoms with Crippen LogP contribution < -0.4 is 16.8 Å². The van der Waals surface area contributed by atoms with Gasteiger partial charge in [-0.2, -0.15) is 0 Å². The molecule has 3 heterocycles. The van der Waals surface area contributed by atoms with Crippen LogP contribution in [-0.4, -0.2) is 24.2 Å². The molecule has 1 aliphatic heterocycles. The number of nitrogens with zero attached hydrogens (tertiary/aromatic N) is 2. The fraction of sp³-hybridized carbons (Fsp3) is 0.421. The highest BCUT2D eigenvalue weighted by molar-refractivity contribution is 6.76. The van der Waals surface area contributed by atoms with Crippen LogP contribution in [0.4, 0.5) is 0 Å². The third-order valence-electron chi connectivity index (χ3n) is 4.73. The molecule has 0 saturated heterocycles. The number of rotatable bonds is 6. The van der Waals surface area contributed by atoms with Crippen LogP contribution in [0.25, 0.3) is 11.0 Å². The third-order valence-corrected chi connectivity index (χ3v) is 6.44. The lowest BCUT2D eigenvalue weighted by Gasteiger charge is -2.32. The SMILES string of the molecule is Cc1cn(COCC[Si](C)(C)C)c2ncc(C3(N)NC=CC=C3N)cc12. The molecular weight excluding hydrogens is 342 g/mol. The van der Waals surface area contributed by atoms with Gasteiger partial charge in [0, 0.05) is 38.0 Å². The minimum Gasteiger partial charge on any atom is -0.399 e. The number of pyridine rings is 1. The second-order valence-corrected chi connectivity index (χ2v) is 13.8. The molecule has 5 N–H and O–H groups in total. The van der Waals surface area contributed by atoms with Crippen molar-refractivity contribution in [3.8, 4) is 0 Å². The lowest BCUT2D eigenvalue weighted by atomic mass is 9.95. The molecule has 1 unspecified atom stereocenters. The fourth-order valence-corrected chi connectivity index (χ4v) is 3.75. The lowest BCUT2D eigenvalue weighted by Crippen LogP contribution is -2.53. The Bertz CT molecular complexity index is 865. The van der Waals surface area contributed by atoms with Gasteiger partial charge in [0.2, 0.25) is 0 Å². The van der Waals surface area contributed by atoms with Crippen LogP contribution in [0.15, 0.2) is 42.5 Å². The highest BCUT2D eigenvalue weighted by atomic mass is 28.3. The van der Waals surface area contributed by atoms with Crippen LogP contribution in [-0.2, 0) is 17.1 Å². The number of nitrogens with one attached hydrogen (secondary N) is 1. The molecule has 2 aromatic heterocycles. The zero-order valence-corrected chi connectivity index (χ0v) is 17.0. The molecule has 6 nitrogen and oxygen atoms in total. The number of fused-ring (bicyclic) bond motifs is 1. The minimum atomic E-state index is -1.08. The van der Waals surface area contributed by atoms with Gasteiger partial charge < -0.3 is 20.4 Å². The zero-order chi connectivity index (χ0) is 18.9. The molecule has 0 spiro atoms. The first kappa shape index (κ1) is 18.7. The summed E-state index contributed by atoms with van der Waals surface area (Å²) in [5, 5.41) is 4.21. The molecule has 0 fully saturated rings. The molecule has 0 bridgehead atoms. The molecule has 0 saturated carbocycles. The fourth-order valence-electron chi connectivity index (χ4n) is 2.99. The van der Waals surface area contributed by atoms with E-state index in [1.807, 2.05) is 12.2 Å². The summed E-state index contributed by atoms with van der Waals surface area (Å²) < 4.78 is 7.93. The van der Waals surface area contributed by atoms with Crippen LogP contribution >= 0.6 is 0 Å². The maximum atomic E-state index is 6.49.